The van der Waals surface area contributed by atoms with Crippen molar-refractivity contribution >= 4 is 23.9 Å². The van der Waals surface area contributed by atoms with Gasteiger partial charge in [-0.25, -0.2) is 18.8 Å². The zero-order chi connectivity index (χ0) is 38.4. The van der Waals surface area contributed by atoms with E-state index in [2.05, 4.69) is 20.4 Å². The first-order valence-electron chi connectivity index (χ1n) is 17.0. The van der Waals surface area contributed by atoms with Crippen LogP contribution in [0.5, 0.6) is 0 Å². The van der Waals surface area contributed by atoms with Crippen molar-refractivity contribution in [3.63, 3.8) is 0 Å². The van der Waals surface area contributed by atoms with E-state index in [1.54, 1.807) is 6.08 Å². The molecule has 2 aliphatic rings. The van der Waals surface area contributed by atoms with Crippen LogP contribution in [0.2, 0.25) is 0 Å². The summed E-state index contributed by atoms with van der Waals surface area (Å²) >= 11 is 0. The van der Waals surface area contributed by atoms with Crippen LogP contribution in [0.3, 0.4) is 0 Å². The minimum absolute atomic E-state index is 0.00561. The molecule has 0 saturated carbocycles. The van der Waals surface area contributed by atoms with Gasteiger partial charge in [0.2, 0.25) is 11.2 Å². The maximum atomic E-state index is 13.9. The fraction of sp³-hybridized carbons (Fsp3) is 0.622. The van der Waals surface area contributed by atoms with E-state index in [4.69, 9.17) is 19.3 Å². The summed E-state index contributed by atoms with van der Waals surface area (Å²) in [7, 11) is 0. The molecule has 2 saturated heterocycles. The maximum absolute atomic E-state index is 13.9. The summed E-state index contributed by atoms with van der Waals surface area (Å²) in [4.78, 5) is 45.9. The Bertz CT molecular complexity index is 1320. The summed E-state index contributed by atoms with van der Waals surface area (Å²) in [5.74, 6) is -6.60. The summed E-state index contributed by atoms with van der Waals surface area (Å²) in [5.41, 5.74) is -4.71. The molecular formula is C37H55FO12. The lowest BCUT2D eigenvalue weighted by molar-refractivity contribution is -0.378. The van der Waals surface area contributed by atoms with Crippen LogP contribution in [0.4, 0.5) is 4.39 Å². The van der Waals surface area contributed by atoms with Gasteiger partial charge >= 0.3 is 23.9 Å². The van der Waals surface area contributed by atoms with Crippen LogP contribution in [0.1, 0.15) is 86.1 Å². The fourth-order valence-electron chi connectivity index (χ4n) is 6.26. The number of alkyl halides is 1. The van der Waals surface area contributed by atoms with E-state index in [-0.39, 0.29) is 18.8 Å². The molecule has 2 bridgehead atoms. The van der Waals surface area contributed by atoms with Crippen LogP contribution in [-0.2, 0) is 39.8 Å². The van der Waals surface area contributed by atoms with Gasteiger partial charge in [-0.3, -0.25) is 4.79 Å². The molecule has 1 aromatic carbocycles. The van der Waals surface area contributed by atoms with Gasteiger partial charge in [-0.15, -0.1) is 0 Å². The second kappa shape index (κ2) is 19.7. The van der Waals surface area contributed by atoms with E-state index in [0.717, 1.165) is 18.4 Å². The Balaban J connectivity index is 0.000000756. The topological polar surface area (TPSA) is 197 Å². The third kappa shape index (κ3) is 10.7. The minimum atomic E-state index is -3.28. The number of allylic oxidation sites excluding steroid dienone is 1. The summed E-state index contributed by atoms with van der Waals surface area (Å²) in [6, 6.07) is 9.48. The number of carboxylic acids is 3. The van der Waals surface area contributed by atoms with Gasteiger partial charge in [0.15, 0.2) is 5.79 Å². The molecule has 3 rings (SSSR count). The molecule has 0 aromatic heterocycles. The first kappa shape index (κ1) is 44.4. The van der Waals surface area contributed by atoms with Gasteiger partial charge in [-0.05, 0) is 42.2 Å². The molecule has 282 valence electrons. The lowest BCUT2D eigenvalue weighted by Crippen LogP contribution is -2.74. The van der Waals surface area contributed by atoms with Gasteiger partial charge in [-0.1, -0.05) is 91.0 Å². The number of carbonyl (C=O) groups is 4. The van der Waals surface area contributed by atoms with Crippen LogP contribution in [0.15, 0.2) is 54.6 Å². The average Bonchev–Trinajstić information content (AvgIpc) is 3.34. The molecule has 13 heteroatoms. The number of aliphatic carboxylic acids is 3. The van der Waals surface area contributed by atoms with Gasteiger partial charge in [0, 0.05) is 31.8 Å². The monoisotopic (exact) mass is 710 g/mol. The number of hydrogen-bond acceptors (Lipinski definition) is 9. The molecule has 1 aromatic rings. The highest BCUT2D eigenvalue weighted by Gasteiger charge is 2.79. The number of halogens is 1. The van der Waals surface area contributed by atoms with Crippen molar-refractivity contribution in [3.8, 4) is 0 Å². The molecule has 0 spiro atoms. The molecule has 50 heavy (non-hydrogen) atoms. The SMILES string of the molecule is C=C(CCC12OC(CF)C(O)(C(=O)O)C(C(=O)O)(C[C@H]1O)O2)[C@@H](OC(C)=O)[C@H](C)Cc1ccccc1.CC.CC[C@H](C)C[C@H](C)/C=C/C(=O)O. The van der Waals surface area contributed by atoms with Crippen molar-refractivity contribution in [1.29, 1.82) is 0 Å². The van der Waals surface area contributed by atoms with Crippen LogP contribution in [0.25, 0.3) is 0 Å². The van der Waals surface area contributed by atoms with Crippen molar-refractivity contribution in [2.24, 2.45) is 17.8 Å². The molecule has 0 aliphatic carbocycles. The third-order valence-electron chi connectivity index (χ3n) is 9.02. The molecule has 5 N–H and O–H groups in total. The highest BCUT2D eigenvalue weighted by molar-refractivity contribution is 5.92. The van der Waals surface area contributed by atoms with E-state index < -0.39 is 72.3 Å². The van der Waals surface area contributed by atoms with E-state index in [0.29, 0.717) is 23.8 Å². The Hall–Kier alpha value is -3.65. The highest BCUT2D eigenvalue weighted by atomic mass is 19.1. The van der Waals surface area contributed by atoms with Crippen molar-refractivity contribution in [2.45, 2.75) is 122 Å². The Morgan fingerprint density at radius 3 is 2.16 bits per heavy atom. The molecule has 2 fully saturated rings. The zero-order valence-corrected chi connectivity index (χ0v) is 30.1. The molecule has 2 heterocycles. The first-order chi connectivity index (χ1) is 23.4. The second-order valence-corrected chi connectivity index (χ2v) is 12.9. The minimum Gasteiger partial charge on any atom is -0.479 e. The summed E-state index contributed by atoms with van der Waals surface area (Å²) in [6.07, 6.45) is 0.0934. The van der Waals surface area contributed by atoms with E-state index in [1.165, 1.54) is 13.0 Å². The highest BCUT2D eigenvalue weighted by Crippen LogP contribution is 2.54. The number of fused-ring (bicyclic) bond motifs is 2. The number of ether oxygens (including phenoxy) is 3. The van der Waals surface area contributed by atoms with Gasteiger partial charge in [0.05, 0.1) is 0 Å². The Kier molecular flexibility index (Phi) is 17.5. The van der Waals surface area contributed by atoms with Gasteiger partial charge in [-0.2, -0.15) is 0 Å². The predicted octanol–water partition coefficient (Wildman–Crippen LogP) is 5.34. The summed E-state index contributed by atoms with van der Waals surface area (Å²) in [5, 5.41) is 49.3. The third-order valence-corrected chi connectivity index (χ3v) is 9.02. The zero-order valence-electron chi connectivity index (χ0n) is 30.1. The standard InChI is InChI=1S/C25H31FO10.C10H18O2.C2H6/c1-14(20(34-16(3)27)15(2)11-17-7-5-4-6-8-17)9-10-24-18(28)12-23(36-24,21(29)30)25(33,22(31)32)19(13-26)35-24;1-4-8(2)7-9(3)5-6-10(11)12;1-2/h4-8,15,18-20,28,33H,1,9-13H2,2-3H3,(H,29,30)(H,31,32);5-6,8-9H,4,7H2,1-3H3,(H,11,12);1-2H3/b;6-5+;/t15-,18-,19?,20-,23?,24?,25?;8-,9+;/m10./s1. The molecule has 0 radical (unpaired) electrons. The van der Waals surface area contributed by atoms with E-state index >= 15 is 0 Å². The number of carboxylic acid groups (broad SMARTS) is 3. The Labute approximate surface area is 293 Å². The van der Waals surface area contributed by atoms with Crippen molar-refractivity contribution < 1.29 is 63.3 Å². The lowest BCUT2D eigenvalue weighted by atomic mass is 9.76. The van der Waals surface area contributed by atoms with Crippen molar-refractivity contribution in [3.05, 3.63) is 60.2 Å². The number of aliphatic hydroxyl groups is 2. The van der Waals surface area contributed by atoms with E-state index in [1.807, 2.05) is 58.0 Å². The van der Waals surface area contributed by atoms with Gasteiger partial charge < -0.3 is 39.7 Å². The fourth-order valence-corrected chi connectivity index (χ4v) is 6.26. The van der Waals surface area contributed by atoms with Gasteiger partial charge in [0.1, 0.15) is 25.0 Å². The first-order valence-corrected chi connectivity index (χ1v) is 17.0. The molecule has 9 atom stereocenters. The van der Waals surface area contributed by atoms with Crippen LogP contribution < -0.4 is 0 Å². The second-order valence-electron chi connectivity index (χ2n) is 12.9. The number of esters is 1. The van der Waals surface area contributed by atoms with Crippen LogP contribution >= 0.6 is 0 Å². The quantitative estimate of drug-likeness (QED) is 0.0840. The van der Waals surface area contributed by atoms with Crippen LogP contribution in [0, 0.1) is 17.8 Å². The van der Waals surface area contributed by atoms with Gasteiger partial charge in [0.25, 0.3) is 0 Å². The maximum Gasteiger partial charge on any atom is 0.342 e. The summed E-state index contributed by atoms with van der Waals surface area (Å²) in [6.45, 7) is 16.0. The number of hydrogen-bond donors (Lipinski definition) is 5. The largest absolute Gasteiger partial charge is 0.479 e. The molecule has 12 nitrogen and oxygen atoms in total. The molecule has 0 amide bonds. The van der Waals surface area contributed by atoms with E-state index in [9.17, 15) is 44.0 Å². The smallest absolute Gasteiger partial charge is 0.342 e. The number of carbonyl (C=O) groups excluding carboxylic acids is 1. The number of aliphatic hydroxyl groups excluding tert-OH is 1. The predicted molar refractivity (Wildman–Crippen MR) is 183 cm³/mol. The normalized spacial score (nSPS) is 27.7. The Morgan fingerprint density at radius 2 is 1.68 bits per heavy atom. The molecule has 2 aliphatic heterocycles. The number of benzene rings is 1. The lowest BCUT2D eigenvalue weighted by Gasteiger charge is -2.49. The molecular weight excluding hydrogens is 655 g/mol. The van der Waals surface area contributed by atoms with Crippen LogP contribution in [-0.4, -0.2) is 91.4 Å². The summed E-state index contributed by atoms with van der Waals surface area (Å²) < 4.78 is 30.3. The number of rotatable bonds is 16. The molecule has 4 unspecified atom stereocenters. The Morgan fingerprint density at radius 1 is 1.08 bits per heavy atom. The van der Waals surface area contributed by atoms with Crippen molar-refractivity contribution in [1.82, 2.24) is 0 Å². The average molecular weight is 711 g/mol. The van der Waals surface area contributed by atoms with Crippen molar-refractivity contribution in [2.75, 3.05) is 6.67 Å².